The fraction of sp³-hybridized carbons (Fsp3) is 0.588. The van der Waals surface area contributed by atoms with Gasteiger partial charge in [0.2, 0.25) is 5.91 Å². The Morgan fingerprint density at radius 2 is 2.12 bits per heavy atom. The van der Waals surface area contributed by atoms with Crippen LogP contribution in [0.2, 0.25) is 0 Å². The number of halogens is 2. The molecular weight excluding hydrogens is 318 g/mol. The monoisotopic (exact) mass is 342 g/mol. The first kappa shape index (κ1) is 18.6. The van der Waals surface area contributed by atoms with E-state index in [1.807, 2.05) is 6.92 Å². The summed E-state index contributed by atoms with van der Waals surface area (Å²) in [4.78, 5) is 14.5. The molecule has 2 atom stereocenters. The fourth-order valence-corrected chi connectivity index (χ4v) is 3.00. The van der Waals surface area contributed by atoms with Gasteiger partial charge in [0, 0.05) is 18.8 Å². The van der Waals surface area contributed by atoms with Gasteiger partial charge in [0.1, 0.15) is 5.75 Å². The summed E-state index contributed by atoms with van der Waals surface area (Å²) in [5.74, 6) is 0.339. The summed E-state index contributed by atoms with van der Waals surface area (Å²) in [7, 11) is 0. The maximum absolute atomic E-state index is 12.4. The standard InChI is InChI=1S/C17H24F2N2O3/c1-12(21-9-2-3-13(11-21)8-10-22)16(23)20-14-4-6-15(7-5-14)24-17(18)19/h4-7,12-13,17,22H,2-3,8-11H2,1H3,(H,20,23)/t12-,13-/m1/s1. The molecule has 2 rings (SSSR count). The Labute approximate surface area is 140 Å². The number of rotatable bonds is 7. The first-order chi connectivity index (χ1) is 11.5. The topological polar surface area (TPSA) is 61.8 Å². The Morgan fingerprint density at radius 1 is 1.42 bits per heavy atom. The number of aliphatic hydroxyl groups is 1. The number of benzene rings is 1. The van der Waals surface area contributed by atoms with E-state index in [-0.39, 0.29) is 24.3 Å². The molecule has 1 fully saturated rings. The van der Waals surface area contributed by atoms with Crippen molar-refractivity contribution >= 4 is 11.6 Å². The van der Waals surface area contributed by atoms with E-state index in [0.717, 1.165) is 32.4 Å². The lowest BCUT2D eigenvalue weighted by atomic mass is 9.94. The number of hydrogen-bond donors (Lipinski definition) is 2. The molecule has 1 aromatic rings. The summed E-state index contributed by atoms with van der Waals surface area (Å²) in [6, 6.07) is 5.57. The zero-order valence-electron chi connectivity index (χ0n) is 13.8. The molecule has 0 aromatic heterocycles. The van der Waals surface area contributed by atoms with Crippen molar-refractivity contribution in [1.82, 2.24) is 4.90 Å². The number of likely N-dealkylation sites (tertiary alicyclic amines) is 1. The molecule has 0 bridgehead atoms. The summed E-state index contributed by atoms with van der Waals surface area (Å²) in [6.07, 6.45) is 2.86. The van der Waals surface area contributed by atoms with E-state index in [1.165, 1.54) is 24.3 Å². The van der Waals surface area contributed by atoms with Crippen LogP contribution in [0.1, 0.15) is 26.2 Å². The summed E-state index contributed by atoms with van der Waals surface area (Å²) < 4.78 is 28.5. The predicted molar refractivity (Wildman–Crippen MR) is 87.2 cm³/mol. The van der Waals surface area contributed by atoms with Crippen LogP contribution in [-0.2, 0) is 4.79 Å². The Hall–Kier alpha value is -1.73. The summed E-state index contributed by atoms with van der Waals surface area (Å²) in [5.41, 5.74) is 0.539. The van der Waals surface area contributed by atoms with Crippen molar-refractivity contribution in [2.75, 3.05) is 25.0 Å². The van der Waals surface area contributed by atoms with E-state index >= 15 is 0 Å². The van der Waals surface area contributed by atoms with E-state index in [1.54, 1.807) is 0 Å². The Balaban J connectivity index is 1.88. The average molecular weight is 342 g/mol. The SMILES string of the molecule is C[C@H](C(=O)Nc1ccc(OC(F)F)cc1)N1CCC[C@H](CCO)C1. The minimum Gasteiger partial charge on any atom is -0.435 e. The first-order valence-corrected chi connectivity index (χ1v) is 8.20. The minimum absolute atomic E-state index is 0.0546. The molecule has 7 heteroatoms. The number of piperidine rings is 1. The molecule has 24 heavy (non-hydrogen) atoms. The third-order valence-electron chi connectivity index (χ3n) is 4.36. The quantitative estimate of drug-likeness (QED) is 0.800. The molecule has 5 nitrogen and oxygen atoms in total. The van der Waals surface area contributed by atoms with Crippen LogP contribution in [0.25, 0.3) is 0 Å². The molecule has 0 unspecified atom stereocenters. The molecule has 1 heterocycles. The molecule has 0 radical (unpaired) electrons. The van der Waals surface area contributed by atoms with Gasteiger partial charge in [-0.05, 0) is 62.9 Å². The van der Waals surface area contributed by atoms with Gasteiger partial charge in [-0.15, -0.1) is 0 Å². The number of carbonyl (C=O) groups is 1. The second-order valence-corrected chi connectivity index (χ2v) is 6.08. The van der Waals surface area contributed by atoms with E-state index < -0.39 is 6.61 Å². The molecule has 1 aliphatic rings. The maximum Gasteiger partial charge on any atom is 0.387 e. The van der Waals surface area contributed by atoms with Gasteiger partial charge in [-0.2, -0.15) is 8.78 Å². The lowest BCUT2D eigenvalue weighted by Crippen LogP contribution is -2.47. The molecule has 1 aliphatic heterocycles. The smallest absolute Gasteiger partial charge is 0.387 e. The van der Waals surface area contributed by atoms with E-state index in [2.05, 4.69) is 15.0 Å². The van der Waals surface area contributed by atoms with Gasteiger partial charge in [0.05, 0.1) is 6.04 Å². The fourth-order valence-electron chi connectivity index (χ4n) is 3.00. The molecule has 1 amide bonds. The van der Waals surface area contributed by atoms with E-state index in [9.17, 15) is 13.6 Å². The van der Waals surface area contributed by atoms with Crippen LogP contribution >= 0.6 is 0 Å². The molecule has 0 saturated carbocycles. The lowest BCUT2D eigenvalue weighted by Gasteiger charge is -2.36. The minimum atomic E-state index is -2.86. The second-order valence-electron chi connectivity index (χ2n) is 6.08. The number of nitrogens with zero attached hydrogens (tertiary/aromatic N) is 1. The highest BCUT2D eigenvalue weighted by Gasteiger charge is 2.27. The van der Waals surface area contributed by atoms with Crippen LogP contribution in [0.15, 0.2) is 24.3 Å². The molecule has 134 valence electrons. The highest BCUT2D eigenvalue weighted by molar-refractivity contribution is 5.94. The van der Waals surface area contributed by atoms with Crippen LogP contribution in [0.4, 0.5) is 14.5 Å². The highest BCUT2D eigenvalue weighted by atomic mass is 19.3. The Kier molecular flexibility index (Phi) is 6.93. The van der Waals surface area contributed by atoms with Gasteiger partial charge in [0.15, 0.2) is 0 Å². The number of hydrogen-bond acceptors (Lipinski definition) is 4. The molecular formula is C17H24F2N2O3. The second kappa shape index (κ2) is 8.94. The molecule has 0 aliphatic carbocycles. The van der Waals surface area contributed by atoms with E-state index in [0.29, 0.717) is 11.6 Å². The number of nitrogens with one attached hydrogen (secondary N) is 1. The third kappa shape index (κ3) is 5.42. The van der Waals surface area contributed by atoms with Crippen LogP contribution in [0.5, 0.6) is 5.75 Å². The van der Waals surface area contributed by atoms with E-state index in [4.69, 9.17) is 5.11 Å². The number of amides is 1. The van der Waals surface area contributed by atoms with Crippen molar-refractivity contribution in [2.45, 2.75) is 38.8 Å². The lowest BCUT2D eigenvalue weighted by molar-refractivity contribution is -0.121. The zero-order chi connectivity index (χ0) is 17.5. The predicted octanol–water partition coefficient (Wildman–Crippen LogP) is 2.71. The van der Waals surface area contributed by atoms with Crippen molar-refractivity contribution in [1.29, 1.82) is 0 Å². The number of alkyl halides is 2. The number of anilines is 1. The molecule has 1 aromatic carbocycles. The van der Waals surface area contributed by atoms with Crippen molar-refractivity contribution in [2.24, 2.45) is 5.92 Å². The molecule has 2 N–H and O–H groups in total. The van der Waals surface area contributed by atoms with Crippen molar-refractivity contribution in [3.05, 3.63) is 24.3 Å². The van der Waals surface area contributed by atoms with Crippen molar-refractivity contribution < 1.29 is 23.4 Å². The zero-order valence-corrected chi connectivity index (χ0v) is 13.8. The normalized spacial score (nSPS) is 20.0. The Bertz CT molecular complexity index is 523. The number of carbonyl (C=O) groups excluding carboxylic acids is 1. The van der Waals surface area contributed by atoms with Gasteiger partial charge < -0.3 is 15.2 Å². The van der Waals surface area contributed by atoms with Gasteiger partial charge in [-0.25, -0.2) is 0 Å². The van der Waals surface area contributed by atoms with Crippen molar-refractivity contribution in [3.63, 3.8) is 0 Å². The number of aliphatic hydroxyl groups excluding tert-OH is 1. The van der Waals surface area contributed by atoms with Crippen LogP contribution in [0.3, 0.4) is 0 Å². The average Bonchev–Trinajstić information content (AvgIpc) is 2.56. The van der Waals surface area contributed by atoms with Gasteiger partial charge in [-0.1, -0.05) is 0 Å². The molecule has 0 spiro atoms. The highest BCUT2D eigenvalue weighted by Crippen LogP contribution is 2.22. The van der Waals surface area contributed by atoms with Crippen LogP contribution < -0.4 is 10.1 Å². The van der Waals surface area contributed by atoms with Crippen molar-refractivity contribution in [3.8, 4) is 5.75 Å². The maximum atomic E-state index is 12.4. The van der Waals surface area contributed by atoms with Crippen LogP contribution in [-0.4, -0.2) is 48.3 Å². The van der Waals surface area contributed by atoms with Crippen LogP contribution in [0, 0.1) is 5.92 Å². The summed E-state index contributed by atoms with van der Waals surface area (Å²) >= 11 is 0. The molecule has 1 saturated heterocycles. The Morgan fingerprint density at radius 3 is 2.75 bits per heavy atom. The third-order valence-corrected chi connectivity index (χ3v) is 4.36. The summed E-state index contributed by atoms with van der Waals surface area (Å²) in [6.45, 7) is 0.821. The largest absolute Gasteiger partial charge is 0.435 e. The number of ether oxygens (including phenoxy) is 1. The van der Waals surface area contributed by atoms with Gasteiger partial charge in [0.25, 0.3) is 0 Å². The van der Waals surface area contributed by atoms with Gasteiger partial charge >= 0.3 is 6.61 Å². The summed E-state index contributed by atoms with van der Waals surface area (Å²) in [5, 5.41) is 11.9. The van der Waals surface area contributed by atoms with Gasteiger partial charge in [-0.3, -0.25) is 9.69 Å². The first-order valence-electron chi connectivity index (χ1n) is 8.20.